The monoisotopic (exact) mass is 469 g/mol. The predicted molar refractivity (Wildman–Crippen MR) is 129 cm³/mol. The first-order chi connectivity index (χ1) is 17.1. The molecule has 10 heteroatoms. The Morgan fingerprint density at radius 1 is 1.09 bits per heavy atom. The molecule has 0 saturated carbocycles. The van der Waals surface area contributed by atoms with Gasteiger partial charge in [-0.3, -0.25) is 4.99 Å². The Balaban J connectivity index is 1.53. The Morgan fingerprint density at radius 2 is 1.97 bits per heavy atom. The van der Waals surface area contributed by atoms with E-state index in [-0.39, 0.29) is 11.9 Å². The molecular weight excluding hydrogens is 446 g/mol. The van der Waals surface area contributed by atoms with Crippen molar-refractivity contribution in [3.05, 3.63) is 59.4 Å². The third-order valence-corrected chi connectivity index (χ3v) is 5.54. The van der Waals surface area contributed by atoms with Crippen molar-refractivity contribution in [3.8, 4) is 35.2 Å². The lowest BCUT2D eigenvalue weighted by molar-refractivity contribution is 0.370. The van der Waals surface area contributed by atoms with E-state index in [0.717, 1.165) is 30.3 Å². The molecule has 5 rings (SSSR count). The second-order valence-electron chi connectivity index (χ2n) is 7.88. The van der Waals surface area contributed by atoms with E-state index < -0.39 is 0 Å². The second-order valence-corrected chi connectivity index (χ2v) is 7.88. The molecule has 1 aliphatic heterocycles. The van der Waals surface area contributed by atoms with Crippen LogP contribution in [0.2, 0.25) is 0 Å². The molecule has 0 atom stereocenters. The van der Waals surface area contributed by atoms with Gasteiger partial charge in [-0.2, -0.15) is 15.2 Å². The zero-order chi connectivity index (χ0) is 24.4. The fourth-order valence-corrected chi connectivity index (χ4v) is 3.76. The van der Waals surface area contributed by atoms with Crippen molar-refractivity contribution in [1.82, 2.24) is 24.8 Å². The lowest BCUT2D eigenvalue weighted by Crippen LogP contribution is -2.23. The van der Waals surface area contributed by atoms with Gasteiger partial charge < -0.3 is 24.1 Å². The molecule has 0 radical (unpaired) electrons. The minimum atomic E-state index is 0.0908. The highest BCUT2D eigenvalue weighted by Crippen LogP contribution is 2.35. The van der Waals surface area contributed by atoms with E-state index in [1.165, 1.54) is 7.11 Å². The molecule has 0 aliphatic carbocycles. The van der Waals surface area contributed by atoms with Gasteiger partial charge in [0.05, 0.1) is 25.3 Å². The Labute approximate surface area is 201 Å². The SMILES string of the molecule is CCc1nc2c(Oc3cc(C#N)ccc3OC)nc(Oc3cccc(C4=NCCN4C)c3)nc2[nH]1. The highest BCUT2D eigenvalue weighted by molar-refractivity contribution is 5.99. The van der Waals surface area contributed by atoms with Gasteiger partial charge in [0.1, 0.15) is 17.4 Å². The van der Waals surface area contributed by atoms with Gasteiger partial charge in [0, 0.05) is 31.6 Å². The quantitative estimate of drug-likeness (QED) is 0.430. The number of likely N-dealkylation sites (N-methyl/N-ethyl adjacent to an activating group) is 1. The number of nitriles is 1. The summed E-state index contributed by atoms with van der Waals surface area (Å²) in [6.45, 7) is 3.64. The third kappa shape index (κ3) is 4.44. The zero-order valence-corrected chi connectivity index (χ0v) is 19.6. The molecular formula is C25H23N7O3. The van der Waals surface area contributed by atoms with Crippen molar-refractivity contribution in [3.63, 3.8) is 0 Å². The highest BCUT2D eigenvalue weighted by atomic mass is 16.5. The molecule has 176 valence electrons. The maximum Gasteiger partial charge on any atom is 0.327 e. The smallest absolute Gasteiger partial charge is 0.327 e. The number of hydrogen-bond acceptors (Lipinski definition) is 9. The largest absolute Gasteiger partial charge is 0.493 e. The van der Waals surface area contributed by atoms with Crippen LogP contribution in [-0.4, -0.2) is 57.9 Å². The van der Waals surface area contributed by atoms with Crippen molar-refractivity contribution < 1.29 is 14.2 Å². The number of nitrogens with zero attached hydrogens (tertiary/aromatic N) is 6. The van der Waals surface area contributed by atoms with Crippen molar-refractivity contribution >= 4 is 17.0 Å². The Hall–Kier alpha value is -4.65. The van der Waals surface area contributed by atoms with Gasteiger partial charge >= 0.3 is 6.01 Å². The lowest BCUT2D eigenvalue weighted by atomic mass is 10.2. The lowest BCUT2D eigenvalue weighted by Gasteiger charge is -2.14. The van der Waals surface area contributed by atoms with E-state index in [2.05, 4.69) is 35.9 Å². The summed E-state index contributed by atoms with van der Waals surface area (Å²) in [6.07, 6.45) is 0.677. The molecule has 0 saturated heterocycles. The van der Waals surface area contributed by atoms with Crippen molar-refractivity contribution in [2.75, 3.05) is 27.2 Å². The summed E-state index contributed by atoms with van der Waals surface area (Å²) in [5.41, 5.74) is 2.31. The number of aryl methyl sites for hydroxylation is 1. The van der Waals surface area contributed by atoms with Gasteiger partial charge in [0.15, 0.2) is 22.7 Å². The van der Waals surface area contributed by atoms with Gasteiger partial charge in [0.25, 0.3) is 5.88 Å². The number of rotatable bonds is 7. The van der Waals surface area contributed by atoms with Crippen LogP contribution < -0.4 is 14.2 Å². The first-order valence-electron chi connectivity index (χ1n) is 11.1. The molecule has 2 aromatic carbocycles. The second kappa shape index (κ2) is 9.30. The van der Waals surface area contributed by atoms with Crippen LogP contribution in [0.4, 0.5) is 0 Å². The minimum Gasteiger partial charge on any atom is -0.493 e. The predicted octanol–water partition coefficient (Wildman–Crippen LogP) is 4.07. The first kappa shape index (κ1) is 22.2. The molecule has 0 fully saturated rings. The molecule has 10 nitrogen and oxygen atoms in total. The molecule has 0 spiro atoms. The Bertz CT molecular complexity index is 1470. The molecule has 3 heterocycles. The number of aromatic amines is 1. The number of methoxy groups -OCH3 is 1. The number of imidazole rings is 1. The number of H-pyrrole nitrogens is 1. The van der Waals surface area contributed by atoms with E-state index in [4.69, 9.17) is 14.2 Å². The summed E-state index contributed by atoms with van der Waals surface area (Å²) < 4.78 is 17.5. The molecule has 4 aromatic rings. The van der Waals surface area contributed by atoms with E-state index in [1.54, 1.807) is 18.2 Å². The average Bonchev–Trinajstić information content (AvgIpc) is 3.50. The number of aromatic nitrogens is 4. The van der Waals surface area contributed by atoms with Crippen LogP contribution in [0.15, 0.2) is 47.5 Å². The fourth-order valence-electron chi connectivity index (χ4n) is 3.76. The van der Waals surface area contributed by atoms with Gasteiger partial charge in [0.2, 0.25) is 0 Å². The summed E-state index contributed by atoms with van der Waals surface area (Å²) in [5, 5.41) is 9.30. The number of hydrogen-bond donors (Lipinski definition) is 1. The van der Waals surface area contributed by atoms with Gasteiger partial charge in [-0.25, -0.2) is 4.98 Å². The molecule has 1 aliphatic rings. The first-order valence-corrected chi connectivity index (χ1v) is 11.1. The summed E-state index contributed by atoms with van der Waals surface area (Å²) in [7, 11) is 3.54. The number of fused-ring (bicyclic) bond motifs is 1. The molecule has 2 aromatic heterocycles. The van der Waals surface area contributed by atoms with E-state index in [0.29, 0.717) is 40.4 Å². The fraction of sp³-hybridized carbons (Fsp3) is 0.240. The summed E-state index contributed by atoms with van der Waals surface area (Å²) >= 11 is 0. The van der Waals surface area contributed by atoms with Crippen LogP contribution in [0, 0.1) is 11.3 Å². The van der Waals surface area contributed by atoms with E-state index in [9.17, 15) is 5.26 Å². The highest BCUT2D eigenvalue weighted by Gasteiger charge is 2.19. The average molecular weight is 470 g/mol. The van der Waals surface area contributed by atoms with E-state index >= 15 is 0 Å². The van der Waals surface area contributed by atoms with Crippen LogP contribution in [-0.2, 0) is 6.42 Å². The summed E-state index contributed by atoms with van der Waals surface area (Å²) in [4.78, 5) is 23.4. The van der Waals surface area contributed by atoms with Crippen molar-refractivity contribution in [2.24, 2.45) is 4.99 Å². The van der Waals surface area contributed by atoms with Crippen LogP contribution >= 0.6 is 0 Å². The number of ether oxygens (including phenoxy) is 3. The van der Waals surface area contributed by atoms with E-state index in [1.807, 2.05) is 38.2 Å². The van der Waals surface area contributed by atoms with Gasteiger partial charge in [-0.1, -0.05) is 19.1 Å². The van der Waals surface area contributed by atoms with Gasteiger partial charge in [-0.15, -0.1) is 0 Å². The van der Waals surface area contributed by atoms with Crippen LogP contribution in [0.25, 0.3) is 11.2 Å². The van der Waals surface area contributed by atoms with Crippen LogP contribution in [0.5, 0.6) is 29.1 Å². The van der Waals surface area contributed by atoms with Crippen LogP contribution in [0.3, 0.4) is 0 Å². The van der Waals surface area contributed by atoms with Crippen molar-refractivity contribution in [2.45, 2.75) is 13.3 Å². The van der Waals surface area contributed by atoms with Gasteiger partial charge in [-0.05, 0) is 24.3 Å². The summed E-state index contributed by atoms with van der Waals surface area (Å²) in [6, 6.07) is 14.7. The number of amidine groups is 1. The third-order valence-electron chi connectivity index (χ3n) is 5.54. The molecule has 35 heavy (non-hydrogen) atoms. The molecule has 1 N–H and O–H groups in total. The zero-order valence-electron chi connectivity index (χ0n) is 19.6. The Kier molecular flexibility index (Phi) is 5.89. The maximum absolute atomic E-state index is 9.30. The standard InChI is InChI=1S/C25H23N7O3/c1-4-20-28-21-22(29-20)30-25(31-24(21)35-19-12-15(14-26)8-9-18(19)33-3)34-17-7-5-6-16(13-17)23-27-10-11-32(23)2/h5-9,12-13H,4,10-11H2,1-3H3,(H,28,29,30,31). The molecule has 0 amide bonds. The molecule has 0 bridgehead atoms. The number of benzene rings is 2. The topological polar surface area (TPSA) is 122 Å². The number of aliphatic imine (C=N–C) groups is 1. The normalized spacial score (nSPS) is 13.0. The number of nitrogens with one attached hydrogen (secondary N) is 1. The summed E-state index contributed by atoms with van der Waals surface area (Å²) in [5.74, 6) is 3.20. The molecule has 0 unspecified atom stereocenters. The maximum atomic E-state index is 9.30. The Morgan fingerprint density at radius 3 is 2.71 bits per heavy atom. The van der Waals surface area contributed by atoms with Crippen molar-refractivity contribution in [1.29, 1.82) is 5.26 Å². The van der Waals surface area contributed by atoms with Crippen LogP contribution in [0.1, 0.15) is 23.9 Å². The minimum absolute atomic E-state index is 0.0908.